The first-order chi connectivity index (χ1) is 11.9. The lowest BCUT2D eigenvalue weighted by Crippen LogP contribution is -2.28. The maximum absolute atomic E-state index is 12.5. The zero-order valence-electron chi connectivity index (χ0n) is 13.5. The molecule has 0 unspecified atom stereocenters. The Labute approximate surface area is 155 Å². The van der Waals surface area contributed by atoms with Crippen LogP contribution in [0.5, 0.6) is 0 Å². The first-order valence-corrected chi connectivity index (χ1v) is 8.63. The number of halogens is 5. The largest absolute Gasteiger partial charge is 0.416 e. The summed E-state index contributed by atoms with van der Waals surface area (Å²) in [6.07, 6.45) is -3.49. The van der Waals surface area contributed by atoms with Crippen LogP contribution in [0.15, 0.2) is 42.5 Å². The summed E-state index contributed by atoms with van der Waals surface area (Å²) in [4.78, 5) is 0. The Morgan fingerprint density at radius 1 is 0.840 bits per heavy atom. The van der Waals surface area contributed by atoms with Crippen LogP contribution in [0.25, 0.3) is 0 Å². The van der Waals surface area contributed by atoms with Crippen LogP contribution >= 0.6 is 23.2 Å². The van der Waals surface area contributed by atoms with Gasteiger partial charge in [0.15, 0.2) is 0 Å². The zero-order valence-corrected chi connectivity index (χ0v) is 15.0. The molecular formula is C18H19Cl2F3N2. The van der Waals surface area contributed by atoms with Crippen LogP contribution in [0.3, 0.4) is 0 Å². The summed E-state index contributed by atoms with van der Waals surface area (Å²) in [5.41, 5.74) is 1.23. The van der Waals surface area contributed by atoms with E-state index in [2.05, 4.69) is 10.6 Å². The standard InChI is InChI=1S/C18H19Cl2F3N2/c19-16-6-3-14(17(20)11-16)7-8-24-9-10-25-12-13-1-4-15(5-2-13)18(21,22)23/h1-6,11,24-25H,7-10,12H2. The molecule has 25 heavy (non-hydrogen) atoms. The number of alkyl halides is 3. The number of benzene rings is 2. The highest BCUT2D eigenvalue weighted by Gasteiger charge is 2.29. The topological polar surface area (TPSA) is 24.1 Å². The minimum atomic E-state index is -4.29. The molecule has 0 spiro atoms. The molecule has 0 fully saturated rings. The highest BCUT2D eigenvalue weighted by Crippen LogP contribution is 2.29. The van der Waals surface area contributed by atoms with Crippen molar-refractivity contribution >= 4 is 23.2 Å². The molecule has 2 nitrogen and oxygen atoms in total. The summed E-state index contributed by atoms with van der Waals surface area (Å²) >= 11 is 12.0. The average Bonchev–Trinajstić information content (AvgIpc) is 2.55. The minimum absolute atomic E-state index is 0.531. The Kier molecular flexibility index (Phi) is 7.56. The van der Waals surface area contributed by atoms with Gasteiger partial charge in [0.25, 0.3) is 0 Å². The van der Waals surface area contributed by atoms with E-state index in [1.165, 1.54) is 12.1 Å². The van der Waals surface area contributed by atoms with Gasteiger partial charge in [-0.05, 0) is 48.4 Å². The Morgan fingerprint density at radius 3 is 2.16 bits per heavy atom. The van der Waals surface area contributed by atoms with Crippen molar-refractivity contribution in [3.05, 3.63) is 69.2 Å². The van der Waals surface area contributed by atoms with Crippen molar-refractivity contribution < 1.29 is 13.2 Å². The second-order valence-electron chi connectivity index (χ2n) is 5.61. The van der Waals surface area contributed by atoms with E-state index in [1.54, 1.807) is 6.07 Å². The van der Waals surface area contributed by atoms with Gasteiger partial charge in [-0.3, -0.25) is 0 Å². The predicted octanol–water partition coefficient (Wildman–Crippen LogP) is 4.93. The van der Waals surface area contributed by atoms with Gasteiger partial charge in [-0.2, -0.15) is 13.2 Å². The maximum atomic E-state index is 12.5. The lowest BCUT2D eigenvalue weighted by atomic mass is 10.1. The molecule has 136 valence electrons. The minimum Gasteiger partial charge on any atom is -0.315 e. The third-order valence-corrected chi connectivity index (χ3v) is 4.26. The second-order valence-corrected chi connectivity index (χ2v) is 6.45. The normalized spacial score (nSPS) is 11.7. The van der Waals surface area contributed by atoms with Crippen molar-refractivity contribution in [1.82, 2.24) is 10.6 Å². The van der Waals surface area contributed by atoms with Crippen LogP contribution in [0.4, 0.5) is 13.2 Å². The van der Waals surface area contributed by atoms with Crippen LogP contribution in [0.2, 0.25) is 10.0 Å². The summed E-state index contributed by atoms with van der Waals surface area (Å²) in [5, 5.41) is 7.76. The summed E-state index contributed by atoms with van der Waals surface area (Å²) < 4.78 is 37.4. The number of rotatable bonds is 8. The summed E-state index contributed by atoms with van der Waals surface area (Å²) in [6.45, 7) is 2.79. The molecule has 0 atom stereocenters. The van der Waals surface area contributed by atoms with Gasteiger partial charge in [0.05, 0.1) is 5.56 Å². The van der Waals surface area contributed by atoms with Gasteiger partial charge in [0, 0.05) is 29.7 Å². The van der Waals surface area contributed by atoms with Gasteiger partial charge in [0.1, 0.15) is 0 Å². The van der Waals surface area contributed by atoms with Gasteiger partial charge >= 0.3 is 6.18 Å². The smallest absolute Gasteiger partial charge is 0.315 e. The molecule has 0 amide bonds. The monoisotopic (exact) mass is 390 g/mol. The molecular weight excluding hydrogens is 372 g/mol. The molecule has 0 aliphatic carbocycles. The van der Waals surface area contributed by atoms with Gasteiger partial charge < -0.3 is 10.6 Å². The number of hydrogen-bond donors (Lipinski definition) is 2. The van der Waals surface area contributed by atoms with Gasteiger partial charge in [-0.1, -0.05) is 41.4 Å². The average molecular weight is 391 g/mol. The van der Waals surface area contributed by atoms with Crippen LogP contribution in [0.1, 0.15) is 16.7 Å². The molecule has 2 aromatic rings. The Bertz CT molecular complexity index is 673. The highest BCUT2D eigenvalue weighted by molar-refractivity contribution is 6.35. The van der Waals surface area contributed by atoms with Crippen molar-refractivity contribution in [3.8, 4) is 0 Å². The van der Waals surface area contributed by atoms with Crippen molar-refractivity contribution in [2.75, 3.05) is 19.6 Å². The number of hydrogen-bond acceptors (Lipinski definition) is 2. The molecule has 0 saturated heterocycles. The molecule has 0 heterocycles. The molecule has 0 aliphatic heterocycles. The molecule has 0 radical (unpaired) electrons. The highest BCUT2D eigenvalue weighted by atomic mass is 35.5. The quantitative estimate of drug-likeness (QED) is 0.624. The summed E-state index contributed by atoms with van der Waals surface area (Å²) in [7, 11) is 0. The Balaban J connectivity index is 1.60. The van der Waals surface area contributed by atoms with Crippen molar-refractivity contribution in [2.24, 2.45) is 0 Å². The maximum Gasteiger partial charge on any atom is 0.416 e. The molecule has 0 aliphatic rings. The summed E-state index contributed by atoms with van der Waals surface area (Å²) in [6, 6.07) is 10.6. The fraction of sp³-hybridized carbons (Fsp3) is 0.333. The van der Waals surface area contributed by atoms with E-state index in [0.717, 1.165) is 49.3 Å². The lowest BCUT2D eigenvalue weighted by Gasteiger charge is -2.09. The third-order valence-electron chi connectivity index (χ3n) is 3.68. The Hall–Kier alpha value is -1.27. The fourth-order valence-electron chi connectivity index (χ4n) is 2.29. The van der Waals surface area contributed by atoms with Crippen molar-refractivity contribution in [1.29, 1.82) is 0 Å². The molecule has 2 rings (SSSR count). The molecule has 7 heteroatoms. The molecule has 2 N–H and O–H groups in total. The van der Waals surface area contributed by atoms with Crippen LogP contribution in [0, 0.1) is 0 Å². The van der Waals surface area contributed by atoms with E-state index in [-0.39, 0.29) is 0 Å². The van der Waals surface area contributed by atoms with Gasteiger partial charge in [-0.15, -0.1) is 0 Å². The van der Waals surface area contributed by atoms with Gasteiger partial charge in [-0.25, -0.2) is 0 Å². The molecule has 0 bridgehead atoms. The van der Waals surface area contributed by atoms with Crippen molar-refractivity contribution in [3.63, 3.8) is 0 Å². The lowest BCUT2D eigenvalue weighted by molar-refractivity contribution is -0.137. The number of nitrogens with one attached hydrogen (secondary N) is 2. The van der Waals surface area contributed by atoms with Crippen LogP contribution < -0.4 is 10.6 Å². The summed E-state index contributed by atoms with van der Waals surface area (Å²) in [5.74, 6) is 0. The van der Waals surface area contributed by atoms with E-state index in [9.17, 15) is 13.2 Å². The second kappa shape index (κ2) is 9.43. The van der Waals surface area contributed by atoms with E-state index in [1.807, 2.05) is 12.1 Å². The Morgan fingerprint density at radius 2 is 1.52 bits per heavy atom. The van der Waals surface area contributed by atoms with Crippen molar-refractivity contribution in [2.45, 2.75) is 19.1 Å². The fourth-order valence-corrected chi connectivity index (χ4v) is 2.80. The van der Waals surface area contributed by atoms with Crippen LogP contribution in [-0.4, -0.2) is 19.6 Å². The molecule has 0 aromatic heterocycles. The van der Waals surface area contributed by atoms with Crippen LogP contribution in [-0.2, 0) is 19.1 Å². The van der Waals surface area contributed by atoms with E-state index >= 15 is 0 Å². The molecule has 0 saturated carbocycles. The molecule has 2 aromatic carbocycles. The first-order valence-electron chi connectivity index (χ1n) is 7.88. The SMILES string of the molecule is FC(F)(F)c1ccc(CNCCNCCc2ccc(Cl)cc2Cl)cc1. The zero-order chi connectivity index (χ0) is 18.3. The van der Waals surface area contributed by atoms with E-state index in [0.29, 0.717) is 16.6 Å². The van der Waals surface area contributed by atoms with Gasteiger partial charge in [0.2, 0.25) is 0 Å². The van der Waals surface area contributed by atoms with E-state index in [4.69, 9.17) is 23.2 Å². The van der Waals surface area contributed by atoms with E-state index < -0.39 is 11.7 Å². The third kappa shape index (κ3) is 6.86. The first kappa shape index (κ1) is 20.0. The predicted molar refractivity (Wildman–Crippen MR) is 96.2 cm³/mol.